The summed E-state index contributed by atoms with van der Waals surface area (Å²) in [6, 6.07) is 5.28. The lowest BCUT2D eigenvalue weighted by molar-refractivity contribution is 0.0603. The van der Waals surface area contributed by atoms with E-state index in [1.165, 1.54) is 6.20 Å². The van der Waals surface area contributed by atoms with Crippen molar-refractivity contribution in [3.63, 3.8) is 0 Å². The van der Waals surface area contributed by atoms with Gasteiger partial charge in [0.15, 0.2) is 0 Å². The molecule has 2 rings (SSSR count). The van der Waals surface area contributed by atoms with Gasteiger partial charge in [-0.2, -0.15) is 5.26 Å². The summed E-state index contributed by atoms with van der Waals surface area (Å²) < 4.78 is 0. The summed E-state index contributed by atoms with van der Waals surface area (Å²) in [6.07, 6.45) is 3.55. The fraction of sp³-hybridized carbons (Fsp3) is 0.562. The molecule has 2 heterocycles. The summed E-state index contributed by atoms with van der Waals surface area (Å²) >= 11 is 0. The number of likely N-dealkylation sites (tertiary alicyclic amines) is 1. The van der Waals surface area contributed by atoms with E-state index in [9.17, 15) is 4.79 Å². The molecule has 20 heavy (non-hydrogen) atoms. The number of nitrogens with zero attached hydrogens (tertiary/aromatic N) is 3. The fourth-order valence-electron chi connectivity index (χ4n) is 2.70. The maximum atomic E-state index is 12.3. The summed E-state index contributed by atoms with van der Waals surface area (Å²) in [6.45, 7) is 8.37. The summed E-state index contributed by atoms with van der Waals surface area (Å²) in [5.74, 6) is 0.641. The number of carbonyl (C=O) groups is 1. The minimum atomic E-state index is -0.0261. The Morgan fingerprint density at radius 2 is 2.00 bits per heavy atom. The van der Waals surface area contributed by atoms with Crippen molar-refractivity contribution in [2.75, 3.05) is 13.1 Å². The molecule has 0 saturated carbocycles. The van der Waals surface area contributed by atoms with Crippen molar-refractivity contribution in [2.45, 2.75) is 33.6 Å². The molecular formula is C16H21N3O. The Bertz CT molecular complexity index is 514. The number of amides is 1. The van der Waals surface area contributed by atoms with Crippen molar-refractivity contribution in [2.24, 2.45) is 11.3 Å². The van der Waals surface area contributed by atoms with Gasteiger partial charge >= 0.3 is 0 Å². The third-order valence-corrected chi connectivity index (χ3v) is 4.12. The van der Waals surface area contributed by atoms with Crippen LogP contribution in [0.25, 0.3) is 0 Å². The van der Waals surface area contributed by atoms with E-state index in [1.807, 2.05) is 11.0 Å². The molecule has 1 saturated heterocycles. The van der Waals surface area contributed by atoms with E-state index in [1.54, 1.807) is 12.1 Å². The van der Waals surface area contributed by atoms with E-state index in [2.05, 4.69) is 25.8 Å². The molecule has 0 bridgehead atoms. The van der Waals surface area contributed by atoms with Crippen molar-refractivity contribution >= 4 is 5.91 Å². The molecule has 1 fully saturated rings. The zero-order chi connectivity index (χ0) is 14.8. The second kappa shape index (κ2) is 5.62. The number of hydrogen-bond donors (Lipinski definition) is 0. The summed E-state index contributed by atoms with van der Waals surface area (Å²) in [4.78, 5) is 18.3. The number of aromatic nitrogens is 1. The highest BCUT2D eigenvalue weighted by molar-refractivity contribution is 5.92. The maximum absolute atomic E-state index is 12.3. The van der Waals surface area contributed by atoms with Gasteiger partial charge in [-0.05, 0) is 36.3 Å². The average molecular weight is 271 g/mol. The number of piperidine rings is 1. The van der Waals surface area contributed by atoms with E-state index >= 15 is 0 Å². The van der Waals surface area contributed by atoms with Gasteiger partial charge in [0.2, 0.25) is 0 Å². The zero-order valence-electron chi connectivity index (χ0n) is 12.4. The lowest BCUT2D eigenvalue weighted by atomic mass is 9.75. The zero-order valence-corrected chi connectivity index (χ0v) is 12.4. The SMILES string of the molecule is CC(C)(C)C1CCN(C(=O)c2ccc(C#N)cn2)CC1. The minimum absolute atomic E-state index is 0.0261. The molecule has 0 aromatic carbocycles. The molecular weight excluding hydrogens is 250 g/mol. The van der Waals surface area contributed by atoms with Crippen molar-refractivity contribution < 1.29 is 4.79 Å². The first-order chi connectivity index (χ1) is 9.41. The summed E-state index contributed by atoms with van der Waals surface area (Å²) in [7, 11) is 0. The quantitative estimate of drug-likeness (QED) is 0.789. The Morgan fingerprint density at radius 3 is 2.45 bits per heavy atom. The van der Waals surface area contributed by atoms with Gasteiger partial charge in [0.05, 0.1) is 5.56 Å². The van der Waals surface area contributed by atoms with Gasteiger partial charge in [0, 0.05) is 19.3 Å². The Labute approximate surface area is 120 Å². The predicted octanol–water partition coefficient (Wildman–Crippen LogP) is 2.85. The van der Waals surface area contributed by atoms with E-state index in [0.29, 0.717) is 22.6 Å². The lowest BCUT2D eigenvalue weighted by Gasteiger charge is -2.38. The van der Waals surface area contributed by atoms with Gasteiger partial charge in [-0.1, -0.05) is 20.8 Å². The number of nitriles is 1. The highest BCUT2D eigenvalue weighted by atomic mass is 16.2. The molecule has 0 atom stereocenters. The van der Waals surface area contributed by atoms with Gasteiger partial charge in [0.1, 0.15) is 11.8 Å². The van der Waals surface area contributed by atoms with Crippen LogP contribution in [0.5, 0.6) is 0 Å². The van der Waals surface area contributed by atoms with Gasteiger partial charge in [-0.3, -0.25) is 4.79 Å². The minimum Gasteiger partial charge on any atom is -0.337 e. The molecule has 0 spiro atoms. The summed E-state index contributed by atoms with van der Waals surface area (Å²) in [5.41, 5.74) is 1.22. The smallest absolute Gasteiger partial charge is 0.272 e. The number of carbonyl (C=O) groups excluding carboxylic acids is 1. The number of rotatable bonds is 1. The van der Waals surface area contributed by atoms with Crippen LogP contribution in [0, 0.1) is 22.7 Å². The van der Waals surface area contributed by atoms with Crippen LogP contribution in [0.4, 0.5) is 0 Å². The second-order valence-electron chi connectivity index (χ2n) is 6.48. The van der Waals surface area contributed by atoms with Gasteiger partial charge in [0.25, 0.3) is 5.91 Å². The normalized spacial score (nSPS) is 16.8. The average Bonchev–Trinajstić information content (AvgIpc) is 2.46. The molecule has 106 valence electrons. The lowest BCUT2D eigenvalue weighted by Crippen LogP contribution is -2.41. The number of hydrogen-bond acceptors (Lipinski definition) is 3. The largest absolute Gasteiger partial charge is 0.337 e. The second-order valence-corrected chi connectivity index (χ2v) is 6.48. The van der Waals surface area contributed by atoms with E-state index < -0.39 is 0 Å². The van der Waals surface area contributed by atoms with E-state index in [0.717, 1.165) is 25.9 Å². The van der Waals surface area contributed by atoms with E-state index in [4.69, 9.17) is 5.26 Å². The Morgan fingerprint density at radius 1 is 1.35 bits per heavy atom. The molecule has 0 aliphatic carbocycles. The van der Waals surface area contributed by atoms with Crippen molar-refractivity contribution in [3.05, 3.63) is 29.6 Å². The predicted molar refractivity (Wildman–Crippen MR) is 77.0 cm³/mol. The maximum Gasteiger partial charge on any atom is 0.272 e. The van der Waals surface area contributed by atoms with Crippen molar-refractivity contribution in [3.8, 4) is 6.07 Å². The molecule has 1 amide bonds. The van der Waals surface area contributed by atoms with Crippen molar-refractivity contribution in [1.29, 1.82) is 5.26 Å². The third-order valence-electron chi connectivity index (χ3n) is 4.12. The monoisotopic (exact) mass is 271 g/mol. The molecule has 4 nitrogen and oxygen atoms in total. The highest BCUT2D eigenvalue weighted by Gasteiger charge is 2.30. The standard InChI is InChI=1S/C16H21N3O/c1-16(2,3)13-6-8-19(9-7-13)15(20)14-5-4-12(10-17)11-18-14/h4-5,11,13H,6-9H2,1-3H3. The van der Waals surface area contributed by atoms with E-state index in [-0.39, 0.29) is 5.91 Å². The van der Waals surface area contributed by atoms with Crippen LogP contribution in [0.15, 0.2) is 18.3 Å². The van der Waals surface area contributed by atoms with Crippen LogP contribution >= 0.6 is 0 Å². The Balaban J connectivity index is 1.99. The first-order valence-electron chi connectivity index (χ1n) is 7.07. The first-order valence-corrected chi connectivity index (χ1v) is 7.07. The van der Waals surface area contributed by atoms with Crippen LogP contribution in [0.1, 0.15) is 49.7 Å². The molecule has 0 N–H and O–H groups in total. The van der Waals surface area contributed by atoms with Crippen LogP contribution in [-0.4, -0.2) is 28.9 Å². The number of pyridine rings is 1. The van der Waals surface area contributed by atoms with Crippen molar-refractivity contribution in [1.82, 2.24) is 9.88 Å². The van der Waals surface area contributed by atoms with Gasteiger partial charge < -0.3 is 4.90 Å². The molecule has 0 radical (unpaired) electrons. The fourth-order valence-corrected chi connectivity index (χ4v) is 2.70. The molecule has 1 aliphatic rings. The van der Waals surface area contributed by atoms with Crippen LogP contribution < -0.4 is 0 Å². The highest BCUT2D eigenvalue weighted by Crippen LogP contribution is 2.34. The van der Waals surface area contributed by atoms with Gasteiger partial charge in [-0.15, -0.1) is 0 Å². The van der Waals surface area contributed by atoms with Crippen LogP contribution in [-0.2, 0) is 0 Å². The molecule has 1 aromatic heterocycles. The Kier molecular flexibility index (Phi) is 4.08. The van der Waals surface area contributed by atoms with Gasteiger partial charge in [-0.25, -0.2) is 4.98 Å². The molecule has 4 heteroatoms. The molecule has 0 unspecified atom stereocenters. The Hall–Kier alpha value is -1.89. The summed E-state index contributed by atoms with van der Waals surface area (Å²) in [5, 5.41) is 8.74. The topological polar surface area (TPSA) is 57.0 Å². The molecule has 1 aromatic rings. The van der Waals surface area contributed by atoms with Crippen LogP contribution in [0.2, 0.25) is 0 Å². The molecule has 1 aliphatic heterocycles. The van der Waals surface area contributed by atoms with Crippen LogP contribution in [0.3, 0.4) is 0 Å². The third kappa shape index (κ3) is 3.16. The first kappa shape index (κ1) is 14.5.